The lowest BCUT2D eigenvalue weighted by molar-refractivity contribution is 0.885. The standard InChI is InChI=1S/C10H15NS/c1-8(7-12-2)9-5-3-4-6-10(9)11/h3-6,8H,7,11H2,1-2H3. The summed E-state index contributed by atoms with van der Waals surface area (Å²) in [6.07, 6.45) is 2.12. The molecule has 0 aromatic heterocycles. The molecule has 0 fully saturated rings. The molecule has 0 saturated heterocycles. The van der Waals surface area contributed by atoms with Crippen molar-refractivity contribution in [1.82, 2.24) is 0 Å². The summed E-state index contributed by atoms with van der Waals surface area (Å²) in [7, 11) is 0. The number of anilines is 1. The number of nitrogens with two attached hydrogens (primary N) is 1. The highest BCUT2D eigenvalue weighted by atomic mass is 32.2. The van der Waals surface area contributed by atoms with Gasteiger partial charge in [0.2, 0.25) is 0 Å². The fourth-order valence-corrected chi connectivity index (χ4v) is 1.98. The number of hydrogen-bond donors (Lipinski definition) is 1. The van der Waals surface area contributed by atoms with Crippen LogP contribution in [0.4, 0.5) is 5.69 Å². The number of thioether (sulfide) groups is 1. The Kier molecular flexibility index (Phi) is 3.48. The summed E-state index contributed by atoms with van der Waals surface area (Å²) in [6.45, 7) is 2.21. The topological polar surface area (TPSA) is 26.0 Å². The van der Waals surface area contributed by atoms with Crippen LogP contribution < -0.4 is 5.73 Å². The third-order valence-corrected chi connectivity index (χ3v) is 2.78. The molecule has 0 bridgehead atoms. The summed E-state index contributed by atoms with van der Waals surface area (Å²) in [5.41, 5.74) is 8.03. The third kappa shape index (κ3) is 2.18. The van der Waals surface area contributed by atoms with Gasteiger partial charge in [-0.1, -0.05) is 25.1 Å². The molecule has 0 heterocycles. The van der Waals surface area contributed by atoms with Gasteiger partial charge >= 0.3 is 0 Å². The van der Waals surface area contributed by atoms with E-state index in [4.69, 9.17) is 5.73 Å². The molecule has 0 aliphatic heterocycles. The molecule has 12 heavy (non-hydrogen) atoms. The van der Waals surface area contributed by atoms with Gasteiger partial charge in [0.15, 0.2) is 0 Å². The Morgan fingerprint density at radius 2 is 2.08 bits per heavy atom. The van der Waals surface area contributed by atoms with Crippen molar-refractivity contribution in [3.63, 3.8) is 0 Å². The van der Waals surface area contributed by atoms with E-state index in [1.54, 1.807) is 0 Å². The van der Waals surface area contributed by atoms with Gasteiger partial charge in [-0.15, -0.1) is 0 Å². The fraction of sp³-hybridized carbons (Fsp3) is 0.400. The van der Waals surface area contributed by atoms with Crippen molar-refractivity contribution in [3.8, 4) is 0 Å². The molecule has 0 radical (unpaired) electrons. The summed E-state index contributed by atoms with van der Waals surface area (Å²) < 4.78 is 0. The molecule has 2 heteroatoms. The van der Waals surface area contributed by atoms with Crippen LogP contribution in [0.1, 0.15) is 18.4 Å². The first kappa shape index (κ1) is 9.46. The van der Waals surface area contributed by atoms with Crippen LogP contribution in [0.25, 0.3) is 0 Å². The molecule has 1 atom stereocenters. The van der Waals surface area contributed by atoms with Crippen LogP contribution in [0, 0.1) is 0 Å². The fourth-order valence-electron chi connectivity index (χ4n) is 1.30. The second-order valence-corrected chi connectivity index (χ2v) is 3.90. The van der Waals surface area contributed by atoms with Gasteiger partial charge < -0.3 is 5.73 Å². The lowest BCUT2D eigenvalue weighted by atomic mass is 10.0. The molecular formula is C10H15NS. The Balaban J connectivity index is 2.79. The monoisotopic (exact) mass is 181 g/mol. The smallest absolute Gasteiger partial charge is 0.0349 e. The molecule has 1 rings (SSSR count). The zero-order valence-electron chi connectivity index (χ0n) is 7.58. The number of para-hydroxylation sites is 1. The summed E-state index contributed by atoms with van der Waals surface area (Å²) in [4.78, 5) is 0. The van der Waals surface area contributed by atoms with Crippen molar-refractivity contribution < 1.29 is 0 Å². The van der Waals surface area contributed by atoms with Gasteiger partial charge in [-0.05, 0) is 29.6 Å². The summed E-state index contributed by atoms with van der Waals surface area (Å²) in [5, 5.41) is 0. The van der Waals surface area contributed by atoms with E-state index < -0.39 is 0 Å². The molecule has 66 valence electrons. The van der Waals surface area contributed by atoms with Crippen molar-refractivity contribution in [3.05, 3.63) is 29.8 Å². The molecule has 0 spiro atoms. The maximum atomic E-state index is 5.84. The SMILES string of the molecule is CSCC(C)c1ccccc1N. The third-order valence-electron chi connectivity index (χ3n) is 1.94. The number of benzene rings is 1. The van der Waals surface area contributed by atoms with Crippen molar-refractivity contribution >= 4 is 17.4 Å². The quantitative estimate of drug-likeness (QED) is 0.726. The molecule has 1 unspecified atom stereocenters. The van der Waals surface area contributed by atoms with Crippen molar-refractivity contribution in [1.29, 1.82) is 0 Å². The Morgan fingerprint density at radius 3 is 2.67 bits per heavy atom. The van der Waals surface area contributed by atoms with Crippen LogP contribution in [0.3, 0.4) is 0 Å². The maximum absolute atomic E-state index is 5.84. The molecule has 2 N–H and O–H groups in total. The average Bonchev–Trinajstić information content (AvgIpc) is 2.05. The molecule has 0 amide bonds. The van der Waals surface area contributed by atoms with Crippen LogP contribution in [0.5, 0.6) is 0 Å². The Bertz CT molecular complexity index is 247. The van der Waals surface area contributed by atoms with Crippen LogP contribution in [-0.4, -0.2) is 12.0 Å². The van der Waals surface area contributed by atoms with E-state index >= 15 is 0 Å². The van der Waals surface area contributed by atoms with E-state index in [1.807, 2.05) is 30.0 Å². The predicted octanol–water partition coefficient (Wildman–Crippen LogP) is 2.74. The second-order valence-electron chi connectivity index (χ2n) is 2.99. The molecule has 1 nitrogen and oxygen atoms in total. The Hall–Kier alpha value is -0.630. The van der Waals surface area contributed by atoms with E-state index in [-0.39, 0.29) is 0 Å². The first-order valence-electron chi connectivity index (χ1n) is 4.09. The molecule has 0 saturated carbocycles. The van der Waals surface area contributed by atoms with E-state index in [1.165, 1.54) is 5.56 Å². The maximum Gasteiger partial charge on any atom is 0.0349 e. The molecule has 1 aromatic carbocycles. The van der Waals surface area contributed by atoms with E-state index in [9.17, 15) is 0 Å². The van der Waals surface area contributed by atoms with Gasteiger partial charge in [0.05, 0.1) is 0 Å². The molecular weight excluding hydrogens is 166 g/mol. The zero-order chi connectivity index (χ0) is 8.97. The lowest BCUT2D eigenvalue weighted by Gasteiger charge is -2.12. The van der Waals surface area contributed by atoms with E-state index in [2.05, 4.69) is 19.2 Å². The Morgan fingerprint density at radius 1 is 1.42 bits per heavy atom. The van der Waals surface area contributed by atoms with Gasteiger partial charge in [0, 0.05) is 5.69 Å². The largest absolute Gasteiger partial charge is 0.398 e. The highest BCUT2D eigenvalue weighted by molar-refractivity contribution is 7.98. The first-order valence-corrected chi connectivity index (χ1v) is 5.48. The normalized spacial score (nSPS) is 12.8. The zero-order valence-corrected chi connectivity index (χ0v) is 8.40. The summed E-state index contributed by atoms with van der Waals surface area (Å²) in [5.74, 6) is 1.69. The minimum Gasteiger partial charge on any atom is -0.398 e. The van der Waals surface area contributed by atoms with Crippen LogP contribution in [0.15, 0.2) is 24.3 Å². The minimum atomic E-state index is 0.557. The predicted molar refractivity (Wildman–Crippen MR) is 57.7 cm³/mol. The van der Waals surface area contributed by atoms with Crippen molar-refractivity contribution in [2.24, 2.45) is 0 Å². The minimum absolute atomic E-state index is 0.557. The van der Waals surface area contributed by atoms with Crippen LogP contribution >= 0.6 is 11.8 Å². The van der Waals surface area contributed by atoms with Gasteiger partial charge in [-0.2, -0.15) is 11.8 Å². The number of nitrogen functional groups attached to an aromatic ring is 1. The highest BCUT2D eigenvalue weighted by Crippen LogP contribution is 2.23. The van der Waals surface area contributed by atoms with Crippen molar-refractivity contribution in [2.75, 3.05) is 17.7 Å². The second kappa shape index (κ2) is 4.41. The van der Waals surface area contributed by atoms with E-state index in [0.29, 0.717) is 5.92 Å². The lowest BCUT2D eigenvalue weighted by Crippen LogP contribution is -2.00. The van der Waals surface area contributed by atoms with Crippen LogP contribution in [0.2, 0.25) is 0 Å². The van der Waals surface area contributed by atoms with Gasteiger partial charge in [0.1, 0.15) is 0 Å². The number of hydrogen-bond acceptors (Lipinski definition) is 2. The van der Waals surface area contributed by atoms with E-state index in [0.717, 1.165) is 11.4 Å². The van der Waals surface area contributed by atoms with Crippen molar-refractivity contribution in [2.45, 2.75) is 12.8 Å². The number of rotatable bonds is 3. The molecule has 1 aromatic rings. The highest BCUT2D eigenvalue weighted by Gasteiger charge is 2.06. The Labute approximate surface area is 78.4 Å². The van der Waals surface area contributed by atoms with Crippen LogP contribution in [-0.2, 0) is 0 Å². The van der Waals surface area contributed by atoms with Gasteiger partial charge in [-0.3, -0.25) is 0 Å². The summed E-state index contributed by atoms with van der Waals surface area (Å²) in [6, 6.07) is 8.09. The van der Waals surface area contributed by atoms with Gasteiger partial charge in [0.25, 0.3) is 0 Å². The summed E-state index contributed by atoms with van der Waals surface area (Å²) >= 11 is 1.86. The van der Waals surface area contributed by atoms with Gasteiger partial charge in [-0.25, -0.2) is 0 Å². The average molecular weight is 181 g/mol. The first-order chi connectivity index (χ1) is 5.75. The molecule has 0 aliphatic carbocycles. The molecule has 0 aliphatic rings.